The molecule has 312 valence electrons. The van der Waals surface area contributed by atoms with Gasteiger partial charge < -0.3 is 13.6 Å². The average molecular weight is 823 g/mol. The molecule has 3 aromatic carbocycles. The number of ether oxygens (including phenoxy) is 1. The number of benzene rings is 3. The highest BCUT2D eigenvalue weighted by atomic mass is 32.2. The highest BCUT2D eigenvalue weighted by molar-refractivity contribution is 7.86. The Morgan fingerprint density at radius 1 is 0.768 bits per heavy atom. The van der Waals surface area contributed by atoms with Gasteiger partial charge >= 0.3 is 0 Å². The van der Waals surface area contributed by atoms with Gasteiger partial charge in [0.05, 0.1) is 11.5 Å². The van der Waals surface area contributed by atoms with Crippen molar-refractivity contribution in [2.75, 3.05) is 6.61 Å². The first-order valence-corrected chi connectivity index (χ1v) is 28.4. The quantitative estimate of drug-likeness (QED) is 0.0642. The summed E-state index contributed by atoms with van der Waals surface area (Å²) in [5.74, 6) is 1.18. The molecule has 0 aliphatic heterocycles. The second-order valence-corrected chi connectivity index (χ2v) is 30.6. The lowest BCUT2D eigenvalue weighted by atomic mass is 9.81. The first-order chi connectivity index (χ1) is 26.1. The molecule has 1 unspecified atom stereocenters. The predicted molar refractivity (Wildman–Crippen MR) is 238 cm³/mol. The molecule has 1 saturated carbocycles. The fraction of sp³-hybridized carbons (Fsp3) is 0.617. The van der Waals surface area contributed by atoms with E-state index in [2.05, 4.69) is 105 Å². The Morgan fingerprint density at radius 3 is 2.04 bits per heavy atom. The van der Waals surface area contributed by atoms with Gasteiger partial charge in [-0.25, -0.2) is 0 Å². The zero-order valence-electron chi connectivity index (χ0n) is 36.8. The lowest BCUT2D eigenvalue weighted by Crippen LogP contribution is -2.46. The molecule has 0 bridgehead atoms. The molecule has 5 atom stereocenters. The summed E-state index contributed by atoms with van der Waals surface area (Å²) in [7, 11) is -8.13. The topological polar surface area (TPSA) is 71.1 Å². The van der Waals surface area contributed by atoms with E-state index in [1.54, 1.807) is 12.1 Å². The molecule has 0 N–H and O–H groups in total. The third kappa shape index (κ3) is 13.1. The third-order valence-electron chi connectivity index (χ3n) is 13.0. The van der Waals surface area contributed by atoms with E-state index in [0.29, 0.717) is 6.61 Å². The standard InChI is InChI=1S/C47H74O6SSi2/c1-13-14-16-23-40(52-55(9,10)46(3,4)5)27-30-43-44(32-38-22-19-24-41(31-38)50-34-37-20-17-15-18-21-37)39(33-45(43)53-56(11,12)47(6,7)8)35-51-54(48,49)42-28-25-36(2)26-29-42/h15,17-22,24-26,28-29,31,39-40,43-45H,13-14,16,23,27,30,32-35H2,1-12H3/t39-,40?,43-,44+,45-/m1/s1. The van der Waals surface area contributed by atoms with Crippen molar-refractivity contribution in [3.63, 3.8) is 0 Å². The molecule has 0 spiro atoms. The fourth-order valence-electron chi connectivity index (χ4n) is 7.45. The van der Waals surface area contributed by atoms with E-state index < -0.39 is 26.8 Å². The summed E-state index contributed by atoms with van der Waals surface area (Å²) in [6.45, 7) is 28.1. The van der Waals surface area contributed by atoms with Crippen molar-refractivity contribution in [2.45, 2.75) is 167 Å². The second-order valence-electron chi connectivity index (χ2n) is 19.5. The average Bonchev–Trinajstić information content (AvgIpc) is 3.42. The summed E-state index contributed by atoms with van der Waals surface area (Å²) in [5.41, 5.74) is 3.32. The monoisotopic (exact) mass is 822 g/mol. The largest absolute Gasteiger partial charge is 0.489 e. The van der Waals surface area contributed by atoms with E-state index in [1.807, 2.05) is 43.3 Å². The van der Waals surface area contributed by atoms with Crippen molar-refractivity contribution in [3.8, 4) is 5.75 Å². The maximum Gasteiger partial charge on any atom is 0.296 e. The molecule has 1 aliphatic carbocycles. The summed E-state index contributed by atoms with van der Waals surface area (Å²) >= 11 is 0. The molecular weight excluding hydrogens is 749 g/mol. The van der Waals surface area contributed by atoms with Gasteiger partial charge in [-0.05, 0) is 128 Å². The van der Waals surface area contributed by atoms with E-state index >= 15 is 0 Å². The number of hydrogen-bond acceptors (Lipinski definition) is 6. The van der Waals surface area contributed by atoms with E-state index in [9.17, 15) is 8.42 Å². The number of hydrogen-bond donors (Lipinski definition) is 0. The van der Waals surface area contributed by atoms with Gasteiger partial charge in [0.25, 0.3) is 10.1 Å². The molecule has 56 heavy (non-hydrogen) atoms. The smallest absolute Gasteiger partial charge is 0.296 e. The minimum absolute atomic E-state index is 0.00162. The van der Waals surface area contributed by atoms with E-state index in [1.165, 1.54) is 18.4 Å². The zero-order valence-corrected chi connectivity index (χ0v) is 39.6. The van der Waals surface area contributed by atoms with Gasteiger partial charge in [0.1, 0.15) is 12.4 Å². The number of rotatable bonds is 20. The Kier molecular flexibility index (Phi) is 16.3. The lowest BCUT2D eigenvalue weighted by Gasteiger charge is -2.41. The van der Waals surface area contributed by atoms with Crippen LogP contribution in [0.5, 0.6) is 5.75 Å². The SMILES string of the molecule is CCCCCC(CC[C@@H]1[C@@H](Cc2cccc(OCc3ccccc3)c2)[C@@H](COS(=O)(=O)c2ccc(C)cc2)C[C@H]1O[Si](C)(C)C(C)(C)C)O[Si](C)(C)C(C)(C)C. The van der Waals surface area contributed by atoms with Crippen molar-refractivity contribution in [2.24, 2.45) is 17.8 Å². The lowest BCUT2D eigenvalue weighted by molar-refractivity contribution is 0.0955. The van der Waals surface area contributed by atoms with Crippen molar-refractivity contribution in [3.05, 3.63) is 95.6 Å². The second kappa shape index (κ2) is 19.7. The van der Waals surface area contributed by atoms with Crippen LogP contribution in [0, 0.1) is 24.7 Å². The first kappa shape index (κ1) is 46.4. The maximum absolute atomic E-state index is 13.6. The Balaban J connectivity index is 1.70. The Labute approximate surface area is 343 Å². The zero-order chi connectivity index (χ0) is 41.4. The molecular formula is C47H74O6SSi2. The summed E-state index contributed by atoms with van der Waals surface area (Å²) in [6, 6.07) is 25.6. The predicted octanol–water partition coefficient (Wildman–Crippen LogP) is 12.9. The van der Waals surface area contributed by atoms with E-state index in [0.717, 1.165) is 55.4 Å². The van der Waals surface area contributed by atoms with Crippen LogP contribution in [0.2, 0.25) is 36.3 Å². The van der Waals surface area contributed by atoms with Crippen LogP contribution in [-0.2, 0) is 36.2 Å². The van der Waals surface area contributed by atoms with Crippen LogP contribution in [-0.4, -0.2) is 43.9 Å². The minimum atomic E-state index is -3.94. The van der Waals surface area contributed by atoms with Gasteiger partial charge in [-0.15, -0.1) is 0 Å². The van der Waals surface area contributed by atoms with E-state index in [-0.39, 0.29) is 51.5 Å². The first-order valence-electron chi connectivity index (χ1n) is 21.2. The van der Waals surface area contributed by atoms with Crippen LogP contribution in [0.1, 0.15) is 110 Å². The van der Waals surface area contributed by atoms with Crippen LogP contribution >= 0.6 is 0 Å². The Hall–Kier alpha value is -2.28. The number of aryl methyl sites for hydroxylation is 1. The van der Waals surface area contributed by atoms with Gasteiger partial charge in [-0.3, -0.25) is 4.18 Å². The summed E-state index contributed by atoms with van der Waals surface area (Å²) in [4.78, 5) is 0.198. The maximum atomic E-state index is 13.6. The van der Waals surface area contributed by atoms with Crippen LogP contribution in [0.4, 0.5) is 0 Å². The van der Waals surface area contributed by atoms with Crippen LogP contribution < -0.4 is 4.74 Å². The Morgan fingerprint density at radius 2 is 1.41 bits per heavy atom. The van der Waals surface area contributed by atoms with Crippen LogP contribution in [0.25, 0.3) is 0 Å². The molecule has 1 fully saturated rings. The third-order valence-corrected chi connectivity index (χ3v) is 23.3. The molecule has 4 rings (SSSR count). The summed E-state index contributed by atoms with van der Waals surface area (Å²) in [5, 5.41) is 0.161. The number of unbranched alkanes of at least 4 members (excludes halogenated alkanes) is 2. The van der Waals surface area contributed by atoms with Gasteiger partial charge in [0.15, 0.2) is 16.6 Å². The van der Waals surface area contributed by atoms with Crippen LogP contribution in [0.15, 0.2) is 83.8 Å². The molecule has 0 aromatic heterocycles. The molecule has 9 heteroatoms. The molecule has 0 heterocycles. The van der Waals surface area contributed by atoms with Gasteiger partial charge in [-0.2, -0.15) is 8.42 Å². The van der Waals surface area contributed by atoms with Crippen LogP contribution in [0.3, 0.4) is 0 Å². The highest BCUT2D eigenvalue weighted by Crippen LogP contribution is 2.48. The van der Waals surface area contributed by atoms with Crippen molar-refractivity contribution < 1.29 is 26.2 Å². The highest BCUT2D eigenvalue weighted by Gasteiger charge is 2.49. The van der Waals surface area contributed by atoms with Crippen molar-refractivity contribution >= 4 is 26.8 Å². The molecule has 0 saturated heterocycles. The van der Waals surface area contributed by atoms with Crippen molar-refractivity contribution in [1.82, 2.24) is 0 Å². The molecule has 3 aromatic rings. The van der Waals surface area contributed by atoms with E-state index in [4.69, 9.17) is 17.8 Å². The van der Waals surface area contributed by atoms with Crippen molar-refractivity contribution in [1.29, 1.82) is 0 Å². The molecule has 6 nitrogen and oxygen atoms in total. The van der Waals surface area contributed by atoms with Gasteiger partial charge in [0.2, 0.25) is 0 Å². The normalized spacial score (nSPS) is 20.3. The summed E-state index contributed by atoms with van der Waals surface area (Å²) in [6.07, 6.45) is 8.27. The Bertz CT molecular complexity index is 1750. The molecule has 0 amide bonds. The molecule has 1 aliphatic rings. The van der Waals surface area contributed by atoms with Gasteiger partial charge in [0, 0.05) is 12.2 Å². The molecule has 0 radical (unpaired) electrons. The minimum Gasteiger partial charge on any atom is -0.489 e. The fourth-order valence-corrected chi connectivity index (χ4v) is 11.2. The van der Waals surface area contributed by atoms with Gasteiger partial charge in [-0.1, -0.05) is 128 Å². The summed E-state index contributed by atoms with van der Waals surface area (Å²) < 4.78 is 54.1.